The molecule has 7 nitrogen and oxygen atoms in total. The van der Waals surface area contributed by atoms with Crippen LogP contribution in [0, 0.1) is 21.3 Å². The lowest BCUT2D eigenvalue weighted by atomic mass is 9.59. The first-order valence-electron chi connectivity index (χ1n) is 12.5. The lowest BCUT2D eigenvalue weighted by molar-refractivity contribution is -0.123. The average molecular weight is 700 g/mol. The van der Waals surface area contributed by atoms with Gasteiger partial charge in [-0.1, -0.05) is 27.6 Å². The van der Waals surface area contributed by atoms with Crippen LogP contribution in [0.15, 0.2) is 75.3 Å². The predicted octanol–water partition coefficient (Wildman–Crippen LogP) is 5.40. The van der Waals surface area contributed by atoms with Gasteiger partial charge in [0.15, 0.2) is 23.1 Å². The number of fused-ring (bicyclic) bond motifs is 3. The third-order valence-corrected chi connectivity index (χ3v) is 9.43. The van der Waals surface area contributed by atoms with Crippen molar-refractivity contribution in [2.75, 3.05) is 12.0 Å². The molecule has 39 heavy (non-hydrogen) atoms. The number of hydrogen-bond acceptors (Lipinski definition) is 6. The molecule has 6 rings (SSSR count). The lowest BCUT2D eigenvalue weighted by Gasteiger charge is -2.42. The zero-order valence-corrected chi connectivity index (χ0v) is 24.8. The van der Waals surface area contributed by atoms with Gasteiger partial charge >= 0.3 is 0 Å². The number of Topliss-reactive ketones (excluding diaryl/α,β-unsaturated/α-hetero) is 1. The second-order valence-corrected chi connectivity index (χ2v) is 12.4. The molecule has 4 atom stereocenters. The number of carbonyl (C=O) groups is 4. The molecule has 3 aliphatic carbocycles. The maximum atomic E-state index is 13.9. The number of phenolic OH excluding ortho intramolecular Hbond substituents is 1. The fourth-order valence-electron chi connectivity index (χ4n) is 6.53. The van der Waals surface area contributed by atoms with Crippen LogP contribution >= 0.6 is 38.5 Å². The van der Waals surface area contributed by atoms with Crippen molar-refractivity contribution in [2.24, 2.45) is 17.8 Å². The minimum absolute atomic E-state index is 0.136. The number of aromatic hydroxyl groups is 1. The van der Waals surface area contributed by atoms with Crippen molar-refractivity contribution in [3.05, 3.63) is 84.4 Å². The SMILES string of the molecule is COc1cc(Br)cc(C2C3=CCC4C(=O)N(c5ccc(I)cc5)C(=O)C4C3CC3=C2C(=O)C(C)=CC3=O)c1O. The highest BCUT2D eigenvalue weighted by Crippen LogP contribution is 2.57. The third-order valence-electron chi connectivity index (χ3n) is 8.25. The highest BCUT2D eigenvalue weighted by Gasteiger charge is 2.57. The number of anilines is 1. The summed E-state index contributed by atoms with van der Waals surface area (Å²) < 4.78 is 7.00. The van der Waals surface area contributed by atoms with Crippen LogP contribution in [0.1, 0.15) is 31.2 Å². The normalized spacial score (nSPS) is 26.2. The summed E-state index contributed by atoms with van der Waals surface area (Å²) in [6.07, 6.45) is 3.78. The number of amides is 2. The van der Waals surface area contributed by atoms with Crippen LogP contribution in [-0.4, -0.2) is 35.6 Å². The largest absolute Gasteiger partial charge is 0.504 e. The van der Waals surface area contributed by atoms with E-state index in [1.54, 1.807) is 31.2 Å². The third kappa shape index (κ3) is 3.96. The number of phenols is 1. The van der Waals surface area contributed by atoms with E-state index in [0.717, 1.165) is 9.14 Å². The Morgan fingerprint density at radius 3 is 2.46 bits per heavy atom. The molecule has 2 amide bonds. The second-order valence-electron chi connectivity index (χ2n) is 10.3. The maximum absolute atomic E-state index is 13.9. The molecule has 2 aromatic carbocycles. The van der Waals surface area contributed by atoms with Gasteiger partial charge in [-0.25, -0.2) is 0 Å². The van der Waals surface area contributed by atoms with Gasteiger partial charge < -0.3 is 9.84 Å². The molecule has 0 bridgehead atoms. The quantitative estimate of drug-likeness (QED) is 0.199. The van der Waals surface area contributed by atoms with Crippen LogP contribution in [0.25, 0.3) is 0 Å². The van der Waals surface area contributed by atoms with Crippen molar-refractivity contribution in [1.82, 2.24) is 0 Å². The first-order valence-corrected chi connectivity index (χ1v) is 14.4. The molecule has 0 aromatic heterocycles. The molecule has 1 aliphatic heterocycles. The molecule has 0 saturated carbocycles. The van der Waals surface area contributed by atoms with Gasteiger partial charge in [0, 0.05) is 36.2 Å². The molecule has 4 unspecified atom stereocenters. The zero-order valence-electron chi connectivity index (χ0n) is 21.0. The lowest BCUT2D eigenvalue weighted by Crippen LogP contribution is -2.39. The number of rotatable bonds is 3. The first-order chi connectivity index (χ1) is 18.6. The van der Waals surface area contributed by atoms with Crippen molar-refractivity contribution < 1.29 is 29.0 Å². The second kappa shape index (κ2) is 9.55. The Hall–Kier alpha value is -3.05. The molecule has 9 heteroatoms. The van der Waals surface area contributed by atoms with Gasteiger partial charge in [0.2, 0.25) is 11.8 Å². The first kappa shape index (κ1) is 26.2. The molecule has 4 aliphatic rings. The van der Waals surface area contributed by atoms with Gasteiger partial charge in [0.05, 0.1) is 24.6 Å². The van der Waals surface area contributed by atoms with Crippen LogP contribution in [0.2, 0.25) is 0 Å². The van der Waals surface area contributed by atoms with Crippen LogP contribution in [0.5, 0.6) is 11.5 Å². The van der Waals surface area contributed by atoms with Gasteiger partial charge in [-0.05, 0) is 90.7 Å². The van der Waals surface area contributed by atoms with Crippen LogP contribution < -0.4 is 9.64 Å². The van der Waals surface area contributed by atoms with E-state index >= 15 is 0 Å². The average Bonchev–Trinajstić information content (AvgIpc) is 3.17. The number of carbonyl (C=O) groups excluding carboxylic acids is 4. The number of benzene rings is 2. The van der Waals surface area contributed by atoms with E-state index in [-0.39, 0.29) is 41.3 Å². The number of halogens is 2. The molecular weight excluding hydrogens is 677 g/mol. The monoisotopic (exact) mass is 699 g/mol. The number of imide groups is 1. The number of allylic oxidation sites excluding steroid dienone is 6. The fraction of sp³-hybridized carbons (Fsp3) is 0.267. The Labute approximate surface area is 246 Å². The molecular formula is C30H23BrINO6. The molecule has 2 aromatic rings. The predicted molar refractivity (Wildman–Crippen MR) is 155 cm³/mol. The topological polar surface area (TPSA) is 101 Å². The van der Waals surface area contributed by atoms with E-state index in [0.29, 0.717) is 38.9 Å². The summed E-state index contributed by atoms with van der Waals surface area (Å²) in [6, 6.07) is 10.6. The van der Waals surface area contributed by atoms with Crippen LogP contribution in [0.3, 0.4) is 0 Å². The standard InChI is InChI=1S/C30H23BrINO6/c1-13-9-22(34)20-12-19-17(24(26(20)27(13)35)21-10-14(31)11-23(39-2)28(21)36)7-8-18-25(19)30(38)33(29(18)37)16-5-3-15(32)4-6-16/h3-7,9-11,18-19,24-25,36H,8,12H2,1-2H3. The summed E-state index contributed by atoms with van der Waals surface area (Å²) in [6.45, 7) is 1.61. The van der Waals surface area contributed by atoms with Crippen molar-refractivity contribution in [1.29, 1.82) is 0 Å². The summed E-state index contributed by atoms with van der Waals surface area (Å²) in [5.74, 6) is -3.50. The smallest absolute Gasteiger partial charge is 0.238 e. The zero-order chi connectivity index (χ0) is 27.7. The summed E-state index contributed by atoms with van der Waals surface area (Å²) in [4.78, 5) is 55.6. The fourth-order valence-corrected chi connectivity index (χ4v) is 7.35. The number of nitrogens with zero attached hydrogens (tertiary/aromatic N) is 1. The Kier molecular flexibility index (Phi) is 6.41. The van der Waals surface area contributed by atoms with Crippen LogP contribution in [-0.2, 0) is 19.2 Å². The van der Waals surface area contributed by atoms with Crippen molar-refractivity contribution >= 4 is 67.6 Å². The van der Waals surface area contributed by atoms with Gasteiger partial charge in [-0.2, -0.15) is 0 Å². The summed E-state index contributed by atoms with van der Waals surface area (Å²) in [7, 11) is 1.44. The van der Waals surface area contributed by atoms with Crippen molar-refractivity contribution in [3.63, 3.8) is 0 Å². The number of ether oxygens (including phenoxy) is 1. The van der Waals surface area contributed by atoms with Crippen molar-refractivity contribution in [2.45, 2.75) is 25.7 Å². The van der Waals surface area contributed by atoms with E-state index in [2.05, 4.69) is 38.5 Å². The summed E-state index contributed by atoms with van der Waals surface area (Å²) in [5.41, 5.74) is 2.69. The minimum Gasteiger partial charge on any atom is -0.504 e. The van der Waals surface area contributed by atoms with Gasteiger partial charge in [0.1, 0.15) is 0 Å². The molecule has 1 fully saturated rings. The summed E-state index contributed by atoms with van der Waals surface area (Å²) >= 11 is 5.64. The molecule has 1 heterocycles. The molecule has 198 valence electrons. The Bertz CT molecular complexity index is 1590. The van der Waals surface area contributed by atoms with Gasteiger partial charge in [-0.3, -0.25) is 24.1 Å². The minimum atomic E-state index is -0.763. The highest BCUT2D eigenvalue weighted by atomic mass is 127. The van der Waals surface area contributed by atoms with E-state index in [4.69, 9.17) is 4.74 Å². The van der Waals surface area contributed by atoms with E-state index in [1.807, 2.05) is 18.2 Å². The highest BCUT2D eigenvalue weighted by molar-refractivity contribution is 14.1. The van der Waals surface area contributed by atoms with E-state index in [9.17, 15) is 24.3 Å². The van der Waals surface area contributed by atoms with E-state index in [1.165, 1.54) is 18.1 Å². The number of hydrogen-bond donors (Lipinski definition) is 1. The van der Waals surface area contributed by atoms with Gasteiger partial charge in [0.25, 0.3) is 0 Å². The number of methoxy groups -OCH3 is 1. The van der Waals surface area contributed by atoms with Gasteiger partial charge in [-0.15, -0.1) is 0 Å². The number of ketones is 2. The molecule has 0 radical (unpaired) electrons. The van der Waals surface area contributed by atoms with E-state index < -0.39 is 23.7 Å². The Balaban J connectivity index is 1.52. The Morgan fingerprint density at radius 2 is 1.77 bits per heavy atom. The summed E-state index contributed by atoms with van der Waals surface area (Å²) in [5, 5.41) is 11.2. The molecule has 0 spiro atoms. The molecule has 1 N–H and O–H groups in total. The maximum Gasteiger partial charge on any atom is 0.238 e. The van der Waals surface area contributed by atoms with Crippen LogP contribution in [0.4, 0.5) is 5.69 Å². The molecule has 1 saturated heterocycles. The Morgan fingerprint density at radius 1 is 1.05 bits per heavy atom. The van der Waals surface area contributed by atoms with Crippen molar-refractivity contribution in [3.8, 4) is 11.5 Å².